The number of H-pyrrole nitrogens is 2. The Balaban J connectivity index is 1.42. The van der Waals surface area contributed by atoms with Crippen molar-refractivity contribution in [3.63, 3.8) is 0 Å². The molecular formula is C34H35ClN8O2. The number of imidazole rings is 1. The van der Waals surface area contributed by atoms with Gasteiger partial charge in [0.05, 0.1) is 12.8 Å². The molecule has 11 heteroatoms. The fourth-order valence-corrected chi connectivity index (χ4v) is 6.41. The van der Waals surface area contributed by atoms with Gasteiger partial charge >= 0.3 is 5.97 Å². The molecule has 0 saturated heterocycles. The maximum atomic E-state index is 13.8. The van der Waals surface area contributed by atoms with E-state index in [2.05, 4.69) is 66.7 Å². The highest BCUT2D eigenvalue weighted by Crippen LogP contribution is 2.37. The zero-order valence-electron chi connectivity index (χ0n) is 25.5. The van der Waals surface area contributed by atoms with E-state index in [-0.39, 0.29) is 5.15 Å². The van der Waals surface area contributed by atoms with E-state index in [0.29, 0.717) is 24.5 Å². The highest BCUT2D eigenvalue weighted by molar-refractivity contribution is 6.30. The molecule has 6 rings (SSSR count). The fourth-order valence-electron chi connectivity index (χ4n) is 6.05. The first-order valence-electron chi connectivity index (χ1n) is 15.0. The van der Waals surface area contributed by atoms with Gasteiger partial charge in [0, 0.05) is 42.0 Å². The molecule has 0 unspecified atom stereocenters. The molecule has 0 aliphatic rings. The first-order valence-corrected chi connectivity index (χ1v) is 15.4. The van der Waals surface area contributed by atoms with Gasteiger partial charge in [-0.15, -0.1) is 10.2 Å². The molecule has 0 aliphatic heterocycles. The maximum absolute atomic E-state index is 13.8. The predicted molar refractivity (Wildman–Crippen MR) is 175 cm³/mol. The lowest BCUT2D eigenvalue weighted by molar-refractivity contribution is -0.149. The second-order valence-electron chi connectivity index (χ2n) is 11.0. The Hall–Kier alpha value is -4.80. The molecule has 0 saturated carbocycles. The number of hydrogen-bond donors (Lipinski definition) is 3. The van der Waals surface area contributed by atoms with Crippen molar-refractivity contribution in [2.45, 2.75) is 44.7 Å². The number of likely N-dealkylation sites (N-methyl/N-ethyl adjacent to an activating group) is 1. The molecule has 0 amide bonds. The Morgan fingerprint density at radius 2 is 1.80 bits per heavy atom. The van der Waals surface area contributed by atoms with Crippen LogP contribution in [0.4, 0.5) is 0 Å². The molecule has 6 aromatic rings. The summed E-state index contributed by atoms with van der Waals surface area (Å²) in [6, 6.07) is 24.3. The molecule has 10 nitrogen and oxygen atoms in total. The number of halogens is 1. The number of unbranched alkanes of at least 4 members (excludes halogenated alkanes) is 1. The van der Waals surface area contributed by atoms with Crippen LogP contribution in [0.15, 0.2) is 79.0 Å². The summed E-state index contributed by atoms with van der Waals surface area (Å²) in [7, 11) is 3.17. The number of nitrogens with one attached hydrogen (secondary N) is 3. The third-order valence-corrected chi connectivity index (χ3v) is 8.64. The van der Waals surface area contributed by atoms with Crippen LogP contribution in [0.2, 0.25) is 5.15 Å². The van der Waals surface area contributed by atoms with Gasteiger partial charge in [-0.05, 0) is 47.0 Å². The zero-order valence-corrected chi connectivity index (χ0v) is 26.2. The standard InChI is InChI=1S/C34H35ClN8O2/c1-4-5-14-29-38-31(35)30(34(36-2,33(44)45-3)19-24-20-37-28-13-9-8-11-26(24)28)43(29)21-22-15-17-23(18-16-22)25-10-6-7-12-27(25)32-39-41-42-40-32/h6-13,15-18,20,36-37H,4-5,14,19,21H2,1-3H3,(H,39,40,41,42)/t34-/m0/s1. The summed E-state index contributed by atoms with van der Waals surface area (Å²) < 4.78 is 7.54. The number of aromatic nitrogens is 7. The molecular weight excluding hydrogens is 588 g/mol. The van der Waals surface area contributed by atoms with E-state index in [0.717, 1.165) is 63.8 Å². The number of esters is 1. The lowest BCUT2D eigenvalue weighted by atomic mass is 9.87. The van der Waals surface area contributed by atoms with Crippen LogP contribution in [-0.2, 0) is 34.5 Å². The van der Waals surface area contributed by atoms with E-state index < -0.39 is 11.5 Å². The number of rotatable bonds is 12. The topological polar surface area (TPSA) is 126 Å². The Morgan fingerprint density at radius 1 is 1.04 bits per heavy atom. The van der Waals surface area contributed by atoms with Gasteiger partial charge in [0.15, 0.2) is 10.7 Å². The van der Waals surface area contributed by atoms with Gasteiger partial charge in [-0.2, -0.15) is 5.21 Å². The molecule has 3 aromatic heterocycles. The molecule has 3 aromatic carbocycles. The predicted octanol–water partition coefficient (Wildman–Crippen LogP) is 6.09. The van der Waals surface area contributed by atoms with Crippen LogP contribution in [0.1, 0.15) is 42.4 Å². The first-order chi connectivity index (χ1) is 22.0. The summed E-state index contributed by atoms with van der Waals surface area (Å²) in [6.07, 6.45) is 4.91. The second kappa shape index (κ2) is 13.1. The van der Waals surface area contributed by atoms with E-state index in [1.165, 1.54) is 7.11 Å². The number of ether oxygens (including phenoxy) is 1. The van der Waals surface area contributed by atoms with Crippen LogP contribution in [0.3, 0.4) is 0 Å². The van der Waals surface area contributed by atoms with Crippen LogP contribution < -0.4 is 5.32 Å². The Bertz CT molecular complexity index is 1910. The molecule has 3 N–H and O–H groups in total. The molecule has 0 bridgehead atoms. The number of carbonyl (C=O) groups excluding carboxylic acids is 1. The van der Waals surface area contributed by atoms with Gasteiger partial charge in [0.25, 0.3) is 0 Å². The van der Waals surface area contributed by atoms with Crippen molar-refractivity contribution in [1.82, 2.24) is 40.5 Å². The minimum atomic E-state index is -1.29. The molecule has 0 radical (unpaired) electrons. The van der Waals surface area contributed by atoms with Crippen LogP contribution >= 0.6 is 11.6 Å². The van der Waals surface area contributed by atoms with Crippen molar-refractivity contribution in [3.8, 4) is 22.5 Å². The molecule has 0 fully saturated rings. The lowest BCUT2D eigenvalue weighted by Crippen LogP contribution is -2.51. The number of fused-ring (bicyclic) bond motifs is 1. The number of para-hydroxylation sites is 1. The second-order valence-corrected chi connectivity index (χ2v) is 11.4. The van der Waals surface area contributed by atoms with Crippen molar-refractivity contribution in [1.29, 1.82) is 0 Å². The molecule has 0 spiro atoms. The van der Waals surface area contributed by atoms with Crippen LogP contribution in [-0.4, -0.2) is 55.3 Å². The van der Waals surface area contributed by atoms with Crippen molar-refractivity contribution in [3.05, 3.63) is 107 Å². The number of tetrazole rings is 1. The number of hydrogen-bond acceptors (Lipinski definition) is 7. The summed E-state index contributed by atoms with van der Waals surface area (Å²) in [5.74, 6) is 0.925. The SMILES string of the molecule is CCCCc1nc(Cl)c([C@](Cc2c[nH]c3ccccc23)(NC)C(=O)OC)n1Cc1ccc(-c2ccccc2-c2nn[nH]n2)cc1. The minimum Gasteiger partial charge on any atom is -0.467 e. The normalized spacial score (nSPS) is 12.8. The highest BCUT2D eigenvalue weighted by Gasteiger charge is 2.46. The number of carbonyl (C=O) groups is 1. The van der Waals surface area contributed by atoms with E-state index in [4.69, 9.17) is 21.3 Å². The Kier molecular flexibility index (Phi) is 8.77. The van der Waals surface area contributed by atoms with Gasteiger partial charge < -0.3 is 14.3 Å². The van der Waals surface area contributed by atoms with E-state index >= 15 is 0 Å². The molecule has 0 aliphatic carbocycles. The highest BCUT2D eigenvalue weighted by atomic mass is 35.5. The van der Waals surface area contributed by atoms with Crippen LogP contribution in [0.25, 0.3) is 33.4 Å². The average molecular weight is 623 g/mol. The fraction of sp³-hybridized carbons (Fsp3) is 0.265. The molecule has 3 heterocycles. The monoisotopic (exact) mass is 622 g/mol. The van der Waals surface area contributed by atoms with Gasteiger partial charge in [0.2, 0.25) is 5.82 Å². The Labute approximate surface area is 266 Å². The number of aryl methyl sites for hydroxylation is 1. The summed E-state index contributed by atoms with van der Waals surface area (Å²) in [6.45, 7) is 2.61. The van der Waals surface area contributed by atoms with Crippen molar-refractivity contribution >= 4 is 28.5 Å². The summed E-state index contributed by atoms with van der Waals surface area (Å²) >= 11 is 6.98. The molecule has 1 atom stereocenters. The van der Waals surface area contributed by atoms with Crippen LogP contribution in [0, 0.1) is 0 Å². The van der Waals surface area contributed by atoms with Crippen molar-refractivity contribution in [2.24, 2.45) is 0 Å². The largest absolute Gasteiger partial charge is 0.467 e. The maximum Gasteiger partial charge on any atom is 0.332 e. The van der Waals surface area contributed by atoms with Gasteiger partial charge in [-0.25, -0.2) is 9.78 Å². The molecule has 45 heavy (non-hydrogen) atoms. The quantitative estimate of drug-likeness (QED) is 0.141. The number of nitrogens with zero attached hydrogens (tertiary/aromatic N) is 5. The third-order valence-electron chi connectivity index (χ3n) is 8.37. The number of benzene rings is 3. The lowest BCUT2D eigenvalue weighted by Gasteiger charge is -2.32. The number of aromatic amines is 2. The third kappa shape index (κ3) is 5.74. The van der Waals surface area contributed by atoms with Crippen LogP contribution in [0.5, 0.6) is 0 Å². The van der Waals surface area contributed by atoms with E-state index in [1.54, 1.807) is 7.05 Å². The zero-order chi connectivity index (χ0) is 31.4. The first kappa shape index (κ1) is 30.2. The molecule has 230 valence electrons. The smallest absolute Gasteiger partial charge is 0.332 e. The van der Waals surface area contributed by atoms with E-state index in [1.807, 2.05) is 54.7 Å². The summed E-state index contributed by atoms with van der Waals surface area (Å²) in [5.41, 5.74) is 5.19. The average Bonchev–Trinajstić information content (AvgIpc) is 3.83. The van der Waals surface area contributed by atoms with Crippen molar-refractivity contribution < 1.29 is 9.53 Å². The number of methoxy groups -OCH3 is 1. The summed E-state index contributed by atoms with van der Waals surface area (Å²) in [4.78, 5) is 22.0. The van der Waals surface area contributed by atoms with E-state index in [9.17, 15) is 4.79 Å². The Morgan fingerprint density at radius 3 is 2.51 bits per heavy atom. The van der Waals surface area contributed by atoms with Crippen molar-refractivity contribution in [2.75, 3.05) is 14.2 Å². The minimum absolute atomic E-state index is 0.284. The van der Waals surface area contributed by atoms with Gasteiger partial charge in [-0.3, -0.25) is 5.32 Å². The summed E-state index contributed by atoms with van der Waals surface area (Å²) in [5, 5.41) is 19.2. The van der Waals surface area contributed by atoms with Gasteiger partial charge in [0.1, 0.15) is 5.82 Å². The van der Waals surface area contributed by atoms with Gasteiger partial charge in [-0.1, -0.05) is 91.7 Å².